The number of rotatable bonds is 7. The van der Waals surface area contributed by atoms with E-state index < -0.39 is 9.84 Å². The Balaban J connectivity index is 2.55. The molecule has 96 valence electrons. The smallest absolute Gasteiger partial charge is 0.154 e. The van der Waals surface area contributed by atoms with Gasteiger partial charge in [0, 0.05) is 6.04 Å². The van der Waals surface area contributed by atoms with E-state index in [9.17, 15) is 8.42 Å². The lowest BCUT2D eigenvalue weighted by Gasteiger charge is -2.21. The van der Waals surface area contributed by atoms with E-state index in [0.717, 1.165) is 45.1 Å². The first-order chi connectivity index (χ1) is 7.61. The Bertz CT molecular complexity index is 287. The van der Waals surface area contributed by atoms with Gasteiger partial charge in [0.2, 0.25) is 0 Å². The van der Waals surface area contributed by atoms with E-state index in [-0.39, 0.29) is 11.3 Å². The average Bonchev–Trinajstić information content (AvgIpc) is 2.72. The molecular formula is C12H25NO2S. The summed E-state index contributed by atoms with van der Waals surface area (Å²) >= 11 is 0. The Morgan fingerprint density at radius 1 is 1.19 bits per heavy atom. The SMILES string of the molecule is CCCCS(=O)(=O)C1CCCC1NCCC. The highest BCUT2D eigenvalue weighted by Gasteiger charge is 2.36. The highest BCUT2D eigenvalue weighted by Crippen LogP contribution is 2.26. The van der Waals surface area contributed by atoms with Crippen LogP contribution < -0.4 is 5.32 Å². The molecule has 0 amide bonds. The predicted octanol–water partition coefficient (Wildman–Crippen LogP) is 2.12. The van der Waals surface area contributed by atoms with E-state index in [4.69, 9.17) is 0 Å². The Labute approximate surface area is 99.9 Å². The fourth-order valence-corrected chi connectivity index (χ4v) is 4.67. The van der Waals surface area contributed by atoms with E-state index in [2.05, 4.69) is 12.2 Å². The molecule has 0 aromatic rings. The van der Waals surface area contributed by atoms with Gasteiger partial charge in [0.15, 0.2) is 9.84 Å². The minimum Gasteiger partial charge on any atom is -0.313 e. The fraction of sp³-hybridized carbons (Fsp3) is 1.00. The van der Waals surface area contributed by atoms with Gasteiger partial charge in [-0.25, -0.2) is 8.42 Å². The second-order valence-electron chi connectivity index (χ2n) is 4.75. The lowest BCUT2D eigenvalue weighted by molar-refractivity contribution is 0.504. The van der Waals surface area contributed by atoms with Gasteiger partial charge in [-0.2, -0.15) is 0 Å². The molecule has 1 aliphatic rings. The van der Waals surface area contributed by atoms with Gasteiger partial charge in [-0.05, 0) is 32.2 Å². The van der Waals surface area contributed by atoms with Crippen LogP contribution in [-0.4, -0.2) is 32.0 Å². The van der Waals surface area contributed by atoms with Crippen molar-refractivity contribution in [1.29, 1.82) is 0 Å². The summed E-state index contributed by atoms with van der Waals surface area (Å²) in [7, 11) is -2.86. The van der Waals surface area contributed by atoms with Crippen molar-refractivity contribution in [3.05, 3.63) is 0 Å². The standard InChI is InChI=1S/C12H25NO2S/c1-3-5-10-16(14,15)12-8-6-7-11(12)13-9-4-2/h11-13H,3-10H2,1-2H3. The Morgan fingerprint density at radius 3 is 2.56 bits per heavy atom. The molecule has 1 rings (SSSR count). The van der Waals surface area contributed by atoms with Crippen molar-refractivity contribution in [1.82, 2.24) is 5.32 Å². The molecule has 0 bridgehead atoms. The molecule has 16 heavy (non-hydrogen) atoms. The number of hydrogen-bond acceptors (Lipinski definition) is 3. The van der Waals surface area contributed by atoms with Crippen LogP contribution in [0, 0.1) is 0 Å². The molecule has 2 unspecified atom stereocenters. The van der Waals surface area contributed by atoms with Crippen LogP contribution in [0.3, 0.4) is 0 Å². The minimum absolute atomic E-state index is 0.120. The summed E-state index contributed by atoms with van der Waals surface area (Å²) in [5.41, 5.74) is 0. The molecule has 0 aliphatic heterocycles. The van der Waals surface area contributed by atoms with E-state index in [1.807, 2.05) is 6.92 Å². The summed E-state index contributed by atoms with van der Waals surface area (Å²) in [5.74, 6) is 0.373. The summed E-state index contributed by atoms with van der Waals surface area (Å²) in [6.45, 7) is 5.09. The predicted molar refractivity (Wildman–Crippen MR) is 68.4 cm³/mol. The summed E-state index contributed by atoms with van der Waals surface area (Å²) < 4.78 is 24.3. The van der Waals surface area contributed by atoms with Crippen molar-refractivity contribution in [2.75, 3.05) is 12.3 Å². The first-order valence-corrected chi connectivity index (χ1v) is 8.28. The first-order valence-electron chi connectivity index (χ1n) is 6.56. The van der Waals surface area contributed by atoms with E-state index in [1.54, 1.807) is 0 Å². The van der Waals surface area contributed by atoms with Gasteiger partial charge in [0.05, 0.1) is 11.0 Å². The van der Waals surface area contributed by atoms with Crippen LogP contribution in [0.1, 0.15) is 52.4 Å². The molecule has 2 atom stereocenters. The van der Waals surface area contributed by atoms with Crippen LogP contribution in [0.5, 0.6) is 0 Å². The molecule has 0 aromatic carbocycles. The maximum absolute atomic E-state index is 12.1. The maximum atomic E-state index is 12.1. The summed E-state index contributed by atoms with van der Waals surface area (Å²) in [4.78, 5) is 0. The molecule has 0 spiro atoms. The third-order valence-electron chi connectivity index (χ3n) is 3.35. The van der Waals surface area contributed by atoms with E-state index in [0.29, 0.717) is 5.75 Å². The molecular weight excluding hydrogens is 222 g/mol. The Hall–Kier alpha value is -0.0900. The number of sulfone groups is 1. The van der Waals surface area contributed by atoms with Gasteiger partial charge in [0.25, 0.3) is 0 Å². The average molecular weight is 247 g/mol. The van der Waals surface area contributed by atoms with Gasteiger partial charge in [-0.3, -0.25) is 0 Å². The Morgan fingerprint density at radius 2 is 1.94 bits per heavy atom. The van der Waals surface area contributed by atoms with Crippen molar-refractivity contribution in [3.63, 3.8) is 0 Å². The lowest BCUT2D eigenvalue weighted by atomic mass is 10.2. The first kappa shape index (κ1) is 14.0. The van der Waals surface area contributed by atoms with Gasteiger partial charge in [-0.15, -0.1) is 0 Å². The number of nitrogens with one attached hydrogen (secondary N) is 1. The number of unbranched alkanes of at least 4 members (excludes halogenated alkanes) is 1. The van der Waals surface area contributed by atoms with Crippen molar-refractivity contribution in [2.24, 2.45) is 0 Å². The molecule has 0 saturated heterocycles. The molecule has 4 heteroatoms. The van der Waals surface area contributed by atoms with E-state index >= 15 is 0 Å². The third kappa shape index (κ3) is 3.74. The molecule has 1 fully saturated rings. The quantitative estimate of drug-likeness (QED) is 0.749. The summed E-state index contributed by atoms with van der Waals surface area (Å²) in [6.07, 6.45) is 5.76. The van der Waals surface area contributed by atoms with Gasteiger partial charge < -0.3 is 5.32 Å². The molecule has 1 saturated carbocycles. The molecule has 3 nitrogen and oxygen atoms in total. The Kier molecular flexibility index (Phi) is 5.76. The largest absolute Gasteiger partial charge is 0.313 e. The minimum atomic E-state index is -2.86. The monoisotopic (exact) mass is 247 g/mol. The lowest BCUT2D eigenvalue weighted by Crippen LogP contribution is -2.41. The van der Waals surface area contributed by atoms with Crippen LogP contribution in [-0.2, 0) is 9.84 Å². The second-order valence-corrected chi connectivity index (χ2v) is 7.09. The van der Waals surface area contributed by atoms with Crippen LogP contribution in [0.15, 0.2) is 0 Å². The van der Waals surface area contributed by atoms with Crippen molar-refractivity contribution < 1.29 is 8.42 Å². The molecule has 1 N–H and O–H groups in total. The normalized spacial score (nSPS) is 26.1. The van der Waals surface area contributed by atoms with Crippen LogP contribution in [0.2, 0.25) is 0 Å². The number of hydrogen-bond donors (Lipinski definition) is 1. The third-order valence-corrected chi connectivity index (χ3v) is 5.70. The van der Waals surface area contributed by atoms with Crippen LogP contribution in [0.4, 0.5) is 0 Å². The second kappa shape index (κ2) is 6.60. The van der Waals surface area contributed by atoms with Gasteiger partial charge in [0.1, 0.15) is 0 Å². The van der Waals surface area contributed by atoms with Crippen LogP contribution >= 0.6 is 0 Å². The highest BCUT2D eigenvalue weighted by atomic mass is 32.2. The molecule has 1 aliphatic carbocycles. The zero-order valence-electron chi connectivity index (χ0n) is 10.5. The molecule has 0 aromatic heterocycles. The van der Waals surface area contributed by atoms with Gasteiger partial charge in [-0.1, -0.05) is 26.7 Å². The van der Waals surface area contributed by atoms with Crippen molar-refractivity contribution >= 4 is 9.84 Å². The van der Waals surface area contributed by atoms with Crippen molar-refractivity contribution in [3.8, 4) is 0 Å². The van der Waals surface area contributed by atoms with Crippen molar-refractivity contribution in [2.45, 2.75) is 63.7 Å². The highest BCUT2D eigenvalue weighted by molar-refractivity contribution is 7.92. The van der Waals surface area contributed by atoms with E-state index in [1.165, 1.54) is 0 Å². The summed E-state index contributed by atoms with van der Waals surface area (Å²) in [6, 6.07) is 0.210. The van der Waals surface area contributed by atoms with Crippen LogP contribution in [0.25, 0.3) is 0 Å². The maximum Gasteiger partial charge on any atom is 0.154 e. The molecule has 0 radical (unpaired) electrons. The van der Waals surface area contributed by atoms with Gasteiger partial charge >= 0.3 is 0 Å². The molecule has 0 heterocycles. The topological polar surface area (TPSA) is 46.2 Å². The summed E-state index contributed by atoms with van der Waals surface area (Å²) in [5, 5.41) is 3.26. The zero-order valence-corrected chi connectivity index (χ0v) is 11.4. The zero-order chi connectivity index (χ0) is 12.0. The fourth-order valence-electron chi connectivity index (χ4n) is 2.42.